The van der Waals surface area contributed by atoms with Gasteiger partial charge in [-0.1, -0.05) is 24.8 Å². The molecule has 3 rings (SSSR count). The number of anilines is 1. The minimum Gasteiger partial charge on any atom is -0.378 e. The molecule has 0 N–H and O–H groups in total. The van der Waals surface area contributed by atoms with E-state index in [1.165, 1.54) is 11.3 Å². The number of likely N-dealkylation sites (N-methyl/N-ethyl adjacent to an activating group) is 1. The Bertz CT molecular complexity index is 546. The van der Waals surface area contributed by atoms with E-state index in [9.17, 15) is 0 Å². The van der Waals surface area contributed by atoms with Crippen molar-refractivity contribution in [2.45, 2.75) is 20.0 Å². The van der Waals surface area contributed by atoms with Crippen molar-refractivity contribution in [3.63, 3.8) is 0 Å². The summed E-state index contributed by atoms with van der Waals surface area (Å²) in [6.45, 7) is 6.06. The molecule has 2 aliphatic heterocycles. The van der Waals surface area contributed by atoms with Crippen molar-refractivity contribution in [2.75, 3.05) is 38.3 Å². The summed E-state index contributed by atoms with van der Waals surface area (Å²) in [5.74, 6) is 6.81. The molecule has 0 saturated carbocycles. The van der Waals surface area contributed by atoms with Crippen LogP contribution >= 0.6 is 0 Å². The maximum absolute atomic E-state index is 5.70. The predicted molar refractivity (Wildman–Crippen MR) is 79.8 cm³/mol. The molecular formula is C17H21NO2. The maximum Gasteiger partial charge on any atom is 0.0781 e. The van der Waals surface area contributed by atoms with Crippen LogP contribution in [-0.4, -0.2) is 33.4 Å². The molecule has 1 saturated heterocycles. The quantitative estimate of drug-likeness (QED) is 0.732. The van der Waals surface area contributed by atoms with Crippen LogP contribution < -0.4 is 4.90 Å². The lowest BCUT2D eigenvalue weighted by atomic mass is 9.83. The summed E-state index contributed by atoms with van der Waals surface area (Å²) in [7, 11) is 2.11. The van der Waals surface area contributed by atoms with E-state index in [0.717, 1.165) is 38.3 Å². The molecule has 0 aliphatic carbocycles. The van der Waals surface area contributed by atoms with Crippen LogP contribution in [0.15, 0.2) is 18.2 Å². The van der Waals surface area contributed by atoms with E-state index in [1.807, 2.05) is 0 Å². The van der Waals surface area contributed by atoms with Gasteiger partial charge >= 0.3 is 0 Å². The summed E-state index contributed by atoms with van der Waals surface area (Å²) >= 11 is 0. The number of hydrogen-bond donors (Lipinski definition) is 0. The van der Waals surface area contributed by atoms with Gasteiger partial charge in [0.25, 0.3) is 0 Å². The van der Waals surface area contributed by atoms with Gasteiger partial charge in [0.05, 0.1) is 31.8 Å². The van der Waals surface area contributed by atoms with E-state index in [2.05, 4.69) is 48.9 Å². The Labute approximate surface area is 120 Å². The summed E-state index contributed by atoms with van der Waals surface area (Å²) in [4.78, 5) is 2.25. The topological polar surface area (TPSA) is 21.7 Å². The summed E-state index contributed by atoms with van der Waals surface area (Å²) in [5.41, 5.74) is 3.62. The van der Waals surface area contributed by atoms with Crippen LogP contribution in [0.3, 0.4) is 0 Å². The molecule has 20 heavy (non-hydrogen) atoms. The van der Waals surface area contributed by atoms with Crippen LogP contribution in [0.1, 0.15) is 24.5 Å². The van der Waals surface area contributed by atoms with Crippen LogP contribution in [0.25, 0.3) is 0 Å². The maximum atomic E-state index is 5.70. The van der Waals surface area contributed by atoms with Crippen molar-refractivity contribution in [3.8, 4) is 11.8 Å². The first-order valence-electron chi connectivity index (χ1n) is 7.26. The molecule has 1 aromatic rings. The zero-order valence-electron chi connectivity index (χ0n) is 12.2. The van der Waals surface area contributed by atoms with Crippen molar-refractivity contribution >= 4 is 5.69 Å². The monoisotopic (exact) mass is 271 g/mol. The summed E-state index contributed by atoms with van der Waals surface area (Å²) in [5, 5.41) is 0. The van der Waals surface area contributed by atoms with Gasteiger partial charge in [-0.15, -0.1) is 0 Å². The smallest absolute Gasteiger partial charge is 0.0781 e. The number of hydrogen-bond acceptors (Lipinski definition) is 3. The van der Waals surface area contributed by atoms with Gasteiger partial charge in [0, 0.05) is 30.4 Å². The molecule has 3 heteroatoms. The third-order valence-corrected chi connectivity index (χ3v) is 4.28. The molecule has 1 fully saturated rings. The van der Waals surface area contributed by atoms with Crippen molar-refractivity contribution in [2.24, 2.45) is 5.41 Å². The molecule has 1 aromatic carbocycles. The van der Waals surface area contributed by atoms with Gasteiger partial charge < -0.3 is 14.4 Å². The number of benzene rings is 1. The van der Waals surface area contributed by atoms with Gasteiger partial charge in [-0.2, -0.15) is 0 Å². The van der Waals surface area contributed by atoms with Crippen molar-refractivity contribution < 1.29 is 9.47 Å². The molecule has 0 aromatic heterocycles. The molecule has 0 unspecified atom stereocenters. The molecule has 2 heterocycles. The summed E-state index contributed by atoms with van der Waals surface area (Å²) in [6.07, 6.45) is 1.05. The molecule has 0 bridgehead atoms. The van der Waals surface area contributed by atoms with Gasteiger partial charge in [-0.3, -0.25) is 0 Å². The molecule has 106 valence electrons. The largest absolute Gasteiger partial charge is 0.378 e. The van der Waals surface area contributed by atoms with Gasteiger partial charge in [0.1, 0.15) is 0 Å². The lowest BCUT2D eigenvalue weighted by molar-refractivity contribution is -0.0775. The van der Waals surface area contributed by atoms with E-state index >= 15 is 0 Å². The molecule has 2 aliphatic rings. The summed E-state index contributed by atoms with van der Waals surface area (Å²) < 4.78 is 11.0. The molecule has 0 atom stereocenters. The zero-order chi connectivity index (χ0) is 14.0. The molecular weight excluding hydrogens is 250 g/mol. The second kappa shape index (κ2) is 5.47. The van der Waals surface area contributed by atoms with Crippen LogP contribution in [0.5, 0.6) is 0 Å². The third-order valence-electron chi connectivity index (χ3n) is 4.28. The van der Waals surface area contributed by atoms with Gasteiger partial charge in [-0.05, 0) is 18.6 Å². The fourth-order valence-electron chi connectivity index (χ4n) is 2.61. The minimum atomic E-state index is 0.0697. The number of fused-ring (bicyclic) bond motifs is 1. The van der Waals surface area contributed by atoms with Crippen LogP contribution in [0, 0.1) is 17.3 Å². The van der Waals surface area contributed by atoms with E-state index in [4.69, 9.17) is 9.47 Å². The highest BCUT2D eigenvalue weighted by Gasteiger charge is 2.34. The normalized spacial score (nSPS) is 20.2. The van der Waals surface area contributed by atoms with E-state index in [1.54, 1.807) is 0 Å². The van der Waals surface area contributed by atoms with Crippen molar-refractivity contribution in [1.82, 2.24) is 0 Å². The average Bonchev–Trinajstić information content (AvgIpc) is 2.61. The van der Waals surface area contributed by atoms with Crippen LogP contribution in [-0.2, 0) is 16.1 Å². The Kier molecular flexibility index (Phi) is 3.69. The molecule has 0 radical (unpaired) electrons. The average molecular weight is 271 g/mol. The first-order chi connectivity index (χ1) is 9.74. The minimum absolute atomic E-state index is 0.0697. The second-order valence-electron chi connectivity index (χ2n) is 5.65. The Morgan fingerprint density at radius 3 is 2.85 bits per heavy atom. The second-order valence-corrected chi connectivity index (χ2v) is 5.65. The fraction of sp³-hybridized carbons (Fsp3) is 0.529. The highest BCUT2D eigenvalue weighted by Crippen LogP contribution is 2.31. The van der Waals surface area contributed by atoms with Gasteiger partial charge in [0.2, 0.25) is 0 Å². The van der Waals surface area contributed by atoms with Crippen molar-refractivity contribution in [1.29, 1.82) is 0 Å². The lowest BCUT2D eigenvalue weighted by Crippen LogP contribution is -2.40. The highest BCUT2D eigenvalue weighted by molar-refractivity contribution is 5.60. The Morgan fingerprint density at radius 2 is 2.15 bits per heavy atom. The van der Waals surface area contributed by atoms with E-state index < -0.39 is 0 Å². The van der Waals surface area contributed by atoms with Gasteiger partial charge in [-0.25, -0.2) is 0 Å². The standard InChI is InChI=1S/C17H21NO2/c1-3-17(12-20-13-17)8-7-14-5-4-6-16-15(14)11-19-10-9-18(16)2/h4-6H,3,9-13H2,1-2H3. The summed E-state index contributed by atoms with van der Waals surface area (Å²) in [6, 6.07) is 6.33. The van der Waals surface area contributed by atoms with Crippen LogP contribution in [0.4, 0.5) is 5.69 Å². The first kappa shape index (κ1) is 13.5. The fourth-order valence-corrected chi connectivity index (χ4v) is 2.61. The lowest BCUT2D eigenvalue weighted by Gasteiger charge is -2.35. The first-order valence-corrected chi connectivity index (χ1v) is 7.26. The number of nitrogens with zero attached hydrogens (tertiary/aromatic N) is 1. The Balaban J connectivity index is 1.95. The Morgan fingerprint density at radius 1 is 1.30 bits per heavy atom. The predicted octanol–water partition coefficient (Wildman–Crippen LogP) is 2.43. The molecule has 3 nitrogen and oxygen atoms in total. The van der Waals surface area contributed by atoms with E-state index in [0.29, 0.717) is 6.61 Å². The van der Waals surface area contributed by atoms with Crippen molar-refractivity contribution in [3.05, 3.63) is 29.3 Å². The highest BCUT2D eigenvalue weighted by atomic mass is 16.5. The SMILES string of the molecule is CCC1(C#Cc2cccc3c2COCCN3C)COC1. The van der Waals surface area contributed by atoms with Gasteiger partial charge in [0.15, 0.2) is 0 Å². The zero-order valence-corrected chi connectivity index (χ0v) is 12.2. The third kappa shape index (κ3) is 2.42. The number of rotatable bonds is 1. The molecule has 0 amide bonds. The molecule has 0 spiro atoms. The Hall–Kier alpha value is -1.50. The number of ether oxygens (including phenoxy) is 2. The van der Waals surface area contributed by atoms with E-state index in [-0.39, 0.29) is 5.41 Å². The van der Waals surface area contributed by atoms with Crippen LogP contribution in [0.2, 0.25) is 0 Å².